The van der Waals surface area contributed by atoms with Gasteiger partial charge in [0.2, 0.25) is 0 Å². The average molecular weight is 387 g/mol. The molecule has 2 aliphatic rings. The summed E-state index contributed by atoms with van der Waals surface area (Å²) < 4.78 is 25.8. The van der Waals surface area contributed by atoms with Crippen molar-refractivity contribution >= 4 is 39.5 Å². The van der Waals surface area contributed by atoms with Gasteiger partial charge in [-0.1, -0.05) is 17.2 Å². The number of nitrogens with zero attached hydrogens (tertiary/aromatic N) is 1. The van der Waals surface area contributed by atoms with Crippen LogP contribution in [0.25, 0.3) is 0 Å². The lowest BCUT2D eigenvalue weighted by Gasteiger charge is -2.19. The molecule has 0 saturated carbocycles. The van der Waals surface area contributed by atoms with E-state index in [1.807, 2.05) is 0 Å². The number of carbonyl (C=O) groups excluding carboxylic acids is 4. The molecule has 0 spiro atoms. The molecule has 0 aromatic heterocycles. The van der Waals surface area contributed by atoms with Gasteiger partial charge in [0.25, 0.3) is 21.8 Å². The van der Waals surface area contributed by atoms with E-state index in [-0.39, 0.29) is 27.3 Å². The van der Waals surface area contributed by atoms with E-state index in [1.54, 1.807) is 16.9 Å². The quantitative estimate of drug-likeness (QED) is 0.729. The number of fused-ring (bicyclic) bond motifs is 2. The zero-order valence-corrected chi connectivity index (χ0v) is 14.1. The zero-order chi connectivity index (χ0) is 19.3. The largest absolute Gasteiger partial charge is 0.363 e. The van der Waals surface area contributed by atoms with Crippen LogP contribution >= 0.6 is 0 Å². The lowest BCUT2D eigenvalue weighted by atomic mass is 10.1. The Bertz CT molecular complexity index is 1120. The van der Waals surface area contributed by atoms with Crippen LogP contribution in [0, 0.1) is 0 Å². The van der Waals surface area contributed by atoms with Crippen LogP contribution in [0.3, 0.4) is 0 Å². The third-order valence-electron chi connectivity index (χ3n) is 3.91. The first kappa shape index (κ1) is 16.7. The standard InChI is InChI=1S/C16H9N3O7S/c20-13-9-3-1-2-4-10(9)14(21)19(13)26-15(22)8-5-6-11-12(7-8)27(24,25)18-16(23)17-11/h1-7H,(H2,17,18,23). The van der Waals surface area contributed by atoms with Gasteiger partial charge < -0.3 is 10.2 Å². The summed E-state index contributed by atoms with van der Waals surface area (Å²) in [6, 6.07) is 8.40. The Labute approximate surface area is 151 Å². The number of rotatable bonds is 2. The highest BCUT2D eigenvalue weighted by atomic mass is 32.2. The van der Waals surface area contributed by atoms with E-state index < -0.39 is 33.8 Å². The lowest BCUT2D eigenvalue weighted by molar-refractivity contribution is -0.0584. The van der Waals surface area contributed by atoms with Gasteiger partial charge in [-0.2, -0.15) is 0 Å². The highest BCUT2D eigenvalue weighted by Gasteiger charge is 2.39. The lowest BCUT2D eigenvalue weighted by Crippen LogP contribution is -2.39. The molecule has 10 nitrogen and oxygen atoms in total. The van der Waals surface area contributed by atoms with Crippen LogP contribution in [0.5, 0.6) is 0 Å². The van der Waals surface area contributed by atoms with E-state index in [2.05, 4.69) is 5.32 Å². The van der Waals surface area contributed by atoms with E-state index in [9.17, 15) is 27.6 Å². The highest BCUT2D eigenvalue weighted by Crippen LogP contribution is 2.27. The predicted octanol–water partition coefficient (Wildman–Crippen LogP) is 0.878. The molecule has 4 amide bonds. The van der Waals surface area contributed by atoms with Crippen LogP contribution < -0.4 is 10.0 Å². The molecule has 0 atom stereocenters. The third-order valence-corrected chi connectivity index (χ3v) is 5.28. The number of amides is 4. The zero-order valence-electron chi connectivity index (χ0n) is 13.3. The number of hydrogen-bond donors (Lipinski definition) is 2. The Morgan fingerprint density at radius 3 is 2.22 bits per heavy atom. The summed E-state index contributed by atoms with van der Waals surface area (Å²) in [6.07, 6.45) is 0. The molecule has 2 aromatic carbocycles. The molecule has 0 fully saturated rings. The molecule has 11 heteroatoms. The second-order valence-electron chi connectivity index (χ2n) is 5.60. The number of hydroxylamine groups is 2. The number of nitrogens with one attached hydrogen (secondary N) is 2. The highest BCUT2D eigenvalue weighted by molar-refractivity contribution is 7.90. The van der Waals surface area contributed by atoms with E-state index in [0.717, 1.165) is 6.07 Å². The number of benzene rings is 2. The monoisotopic (exact) mass is 387 g/mol. The fourth-order valence-electron chi connectivity index (χ4n) is 2.69. The molecule has 2 N–H and O–H groups in total. The van der Waals surface area contributed by atoms with Crippen LogP contribution in [0.15, 0.2) is 47.4 Å². The van der Waals surface area contributed by atoms with Gasteiger partial charge in [0.15, 0.2) is 0 Å². The summed E-state index contributed by atoms with van der Waals surface area (Å²) in [5, 5.41) is 2.60. The molecule has 27 heavy (non-hydrogen) atoms. The van der Waals surface area contributed by atoms with E-state index >= 15 is 0 Å². The maximum Gasteiger partial charge on any atom is 0.363 e. The first-order valence-corrected chi connectivity index (χ1v) is 8.94. The van der Waals surface area contributed by atoms with Crippen molar-refractivity contribution in [2.24, 2.45) is 0 Å². The Balaban J connectivity index is 1.63. The second-order valence-corrected chi connectivity index (χ2v) is 7.25. The van der Waals surface area contributed by atoms with Crippen molar-refractivity contribution in [2.75, 3.05) is 5.32 Å². The van der Waals surface area contributed by atoms with E-state index in [1.165, 1.54) is 24.3 Å². The molecule has 0 bridgehead atoms. The number of hydrogen-bond acceptors (Lipinski definition) is 7. The average Bonchev–Trinajstić information content (AvgIpc) is 2.86. The molecular weight excluding hydrogens is 378 g/mol. The van der Waals surface area contributed by atoms with Crippen molar-refractivity contribution < 1.29 is 32.4 Å². The number of carbonyl (C=O) groups is 4. The smallest absolute Gasteiger partial charge is 0.324 e. The van der Waals surface area contributed by atoms with Gasteiger partial charge in [-0.15, -0.1) is 0 Å². The summed E-state index contributed by atoms with van der Waals surface area (Å²) >= 11 is 0. The fourth-order valence-corrected chi connectivity index (χ4v) is 3.78. The molecule has 2 heterocycles. The Morgan fingerprint density at radius 1 is 0.963 bits per heavy atom. The molecule has 0 unspecified atom stereocenters. The Morgan fingerprint density at radius 2 is 1.59 bits per heavy atom. The molecule has 2 aliphatic heterocycles. The molecule has 0 aliphatic carbocycles. The summed E-state index contributed by atoms with van der Waals surface area (Å²) in [4.78, 5) is 52.6. The topological polar surface area (TPSA) is 139 Å². The van der Waals surface area contributed by atoms with Crippen LogP contribution in [0.4, 0.5) is 10.5 Å². The minimum Gasteiger partial charge on any atom is -0.324 e. The summed E-state index contributed by atoms with van der Waals surface area (Å²) in [5.41, 5.74) is -0.0617. The minimum absolute atomic E-state index is 0.0176. The van der Waals surface area contributed by atoms with Crippen molar-refractivity contribution in [3.63, 3.8) is 0 Å². The van der Waals surface area contributed by atoms with Gasteiger partial charge in [0.1, 0.15) is 4.90 Å². The van der Waals surface area contributed by atoms with Crippen LogP contribution in [0.1, 0.15) is 31.1 Å². The molecule has 4 rings (SSSR count). The van der Waals surface area contributed by atoms with Crippen LogP contribution in [-0.2, 0) is 14.9 Å². The van der Waals surface area contributed by atoms with Crippen molar-refractivity contribution in [3.8, 4) is 0 Å². The van der Waals surface area contributed by atoms with Crippen molar-refractivity contribution in [1.29, 1.82) is 0 Å². The number of urea groups is 1. The van der Waals surface area contributed by atoms with E-state index in [0.29, 0.717) is 5.06 Å². The van der Waals surface area contributed by atoms with Gasteiger partial charge in [-0.3, -0.25) is 9.59 Å². The van der Waals surface area contributed by atoms with Crippen molar-refractivity contribution in [2.45, 2.75) is 4.90 Å². The Kier molecular flexibility index (Phi) is 3.49. The van der Waals surface area contributed by atoms with Gasteiger partial charge in [-0.05, 0) is 30.3 Å². The first-order chi connectivity index (χ1) is 12.8. The normalized spacial score (nSPS) is 16.9. The summed E-state index contributed by atoms with van der Waals surface area (Å²) in [7, 11) is -4.16. The maximum absolute atomic E-state index is 12.3. The first-order valence-electron chi connectivity index (χ1n) is 7.46. The summed E-state index contributed by atoms with van der Waals surface area (Å²) in [6.45, 7) is 0. The molecule has 0 radical (unpaired) electrons. The number of sulfonamides is 1. The third kappa shape index (κ3) is 2.60. The van der Waals surface area contributed by atoms with Gasteiger partial charge in [0, 0.05) is 0 Å². The SMILES string of the molecule is O=C1Nc2ccc(C(=O)ON3C(=O)c4ccccc4C3=O)cc2S(=O)(=O)N1. The van der Waals surface area contributed by atoms with Crippen LogP contribution in [-0.4, -0.2) is 37.3 Å². The maximum atomic E-state index is 12.3. The van der Waals surface area contributed by atoms with E-state index in [4.69, 9.17) is 4.84 Å². The number of imide groups is 1. The predicted molar refractivity (Wildman–Crippen MR) is 88.1 cm³/mol. The van der Waals surface area contributed by atoms with Gasteiger partial charge in [0.05, 0.1) is 22.4 Å². The van der Waals surface area contributed by atoms with Crippen LogP contribution in [0.2, 0.25) is 0 Å². The Hall–Kier alpha value is -3.73. The van der Waals surface area contributed by atoms with Crippen molar-refractivity contribution in [3.05, 3.63) is 59.2 Å². The van der Waals surface area contributed by atoms with Gasteiger partial charge in [-0.25, -0.2) is 22.7 Å². The fraction of sp³-hybridized carbons (Fsp3) is 0. The molecule has 136 valence electrons. The molecule has 0 saturated heterocycles. The second kappa shape index (κ2) is 5.64. The van der Waals surface area contributed by atoms with Crippen molar-refractivity contribution in [1.82, 2.24) is 9.79 Å². The number of anilines is 1. The minimum atomic E-state index is -4.16. The molecular formula is C16H9N3O7S. The molecule has 2 aromatic rings. The van der Waals surface area contributed by atoms with Gasteiger partial charge >= 0.3 is 12.0 Å². The summed E-state index contributed by atoms with van der Waals surface area (Å²) in [5.74, 6) is -2.72.